The van der Waals surface area contributed by atoms with Crippen molar-refractivity contribution in [3.05, 3.63) is 54.1 Å². The van der Waals surface area contributed by atoms with Gasteiger partial charge in [-0.15, -0.1) is 0 Å². The Morgan fingerprint density at radius 3 is 2.39 bits per heavy atom. The molecule has 0 saturated heterocycles. The van der Waals surface area contributed by atoms with Gasteiger partial charge in [0.2, 0.25) is 0 Å². The Morgan fingerprint density at radius 1 is 1.06 bits per heavy atom. The van der Waals surface area contributed by atoms with E-state index in [2.05, 4.69) is 0 Å². The molecule has 0 saturated carbocycles. The number of nitrogens with zero attached hydrogens (tertiary/aromatic N) is 1. The van der Waals surface area contributed by atoms with Crippen molar-refractivity contribution in [1.82, 2.24) is 0 Å². The van der Waals surface area contributed by atoms with Crippen LogP contribution < -0.4 is 9.64 Å². The van der Waals surface area contributed by atoms with Gasteiger partial charge in [0.15, 0.2) is 0 Å². The molecule has 2 aromatic carbocycles. The zero-order valence-corrected chi connectivity index (χ0v) is 10.5. The van der Waals surface area contributed by atoms with Crippen LogP contribution in [0.5, 0.6) is 5.75 Å². The summed E-state index contributed by atoms with van der Waals surface area (Å²) < 4.78 is 5.13. The molecule has 0 bridgehead atoms. The van der Waals surface area contributed by atoms with Gasteiger partial charge in [0, 0.05) is 24.0 Å². The van der Waals surface area contributed by atoms with Gasteiger partial charge in [-0.05, 0) is 36.4 Å². The normalized spacial score (nSPS) is 9.89. The molecule has 0 heterocycles. The lowest BCUT2D eigenvalue weighted by Crippen LogP contribution is -2.09. The molecule has 3 heteroatoms. The van der Waals surface area contributed by atoms with Crippen molar-refractivity contribution in [2.24, 2.45) is 0 Å². The Labute approximate surface area is 107 Å². The fourth-order valence-corrected chi connectivity index (χ4v) is 1.76. The van der Waals surface area contributed by atoms with Crippen LogP contribution >= 0.6 is 0 Å². The smallest absolute Gasteiger partial charge is 0.150 e. The van der Waals surface area contributed by atoms with E-state index in [1.807, 2.05) is 54.4 Å². The maximum absolute atomic E-state index is 10.8. The minimum Gasteiger partial charge on any atom is -0.497 e. The molecule has 0 aliphatic rings. The number of hydrogen-bond donors (Lipinski definition) is 0. The van der Waals surface area contributed by atoms with E-state index in [4.69, 9.17) is 4.74 Å². The number of ether oxygens (including phenoxy) is 1. The third kappa shape index (κ3) is 2.51. The van der Waals surface area contributed by atoms with Gasteiger partial charge in [0.25, 0.3) is 0 Å². The molecule has 0 spiro atoms. The molecule has 2 rings (SSSR count). The van der Waals surface area contributed by atoms with E-state index in [9.17, 15) is 4.79 Å². The number of anilines is 2. The van der Waals surface area contributed by atoms with E-state index in [0.717, 1.165) is 23.4 Å². The van der Waals surface area contributed by atoms with Crippen LogP contribution in [0.3, 0.4) is 0 Å². The van der Waals surface area contributed by atoms with Crippen molar-refractivity contribution in [1.29, 1.82) is 0 Å². The molecular weight excluding hydrogens is 226 g/mol. The second-order valence-corrected chi connectivity index (χ2v) is 3.97. The van der Waals surface area contributed by atoms with Crippen molar-refractivity contribution in [3.63, 3.8) is 0 Å². The number of aldehydes is 1. The SMILES string of the molecule is COc1ccc(N(C)c2cccc(C=O)c2)cc1. The summed E-state index contributed by atoms with van der Waals surface area (Å²) in [6.45, 7) is 0. The van der Waals surface area contributed by atoms with E-state index in [0.29, 0.717) is 5.56 Å². The van der Waals surface area contributed by atoms with Gasteiger partial charge in [-0.3, -0.25) is 4.79 Å². The highest BCUT2D eigenvalue weighted by atomic mass is 16.5. The lowest BCUT2D eigenvalue weighted by molar-refractivity contribution is 0.112. The van der Waals surface area contributed by atoms with Crippen molar-refractivity contribution in [2.75, 3.05) is 19.1 Å². The maximum Gasteiger partial charge on any atom is 0.150 e. The summed E-state index contributed by atoms with van der Waals surface area (Å²) in [6.07, 6.45) is 0.853. The Balaban J connectivity index is 2.28. The van der Waals surface area contributed by atoms with Gasteiger partial charge < -0.3 is 9.64 Å². The minimum atomic E-state index is 0.674. The average molecular weight is 241 g/mol. The third-order valence-corrected chi connectivity index (χ3v) is 2.85. The Hall–Kier alpha value is -2.29. The molecule has 0 radical (unpaired) electrons. The predicted molar refractivity (Wildman–Crippen MR) is 72.9 cm³/mol. The molecule has 0 atom stereocenters. The summed E-state index contributed by atoms with van der Waals surface area (Å²) >= 11 is 0. The van der Waals surface area contributed by atoms with E-state index in [-0.39, 0.29) is 0 Å². The Bertz CT molecular complexity index is 534. The molecular formula is C15H15NO2. The largest absolute Gasteiger partial charge is 0.497 e. The second-order valence-electron chi connectivity index (χ2n) is 3.97. The molecule has 0 aliphatic carbocycles. The first-order valence-electron chi connectivity index (χ1n) is 5.67. The summed E-state index contributed by atoms with van der Waals surface area (Å²) in [5, 5.41) is 0. The first-order chi connectivity index (χ1) is 8.74. The highest BCUT2D eigenvalue weighted by Gasteiger charge is 2.04. The molecule has 0 fully saturated rings. The first-order valence-corrected chi connectivity index (χ1v) is 5.67. The van der Waals surface area contributed by atoms with E-state index in [1.54, 1.807) is 13.2 Å². The zero-order chi connectivity index (χ0) is 13.0. The van der Waals surface area contributed by atoms with Crippen LogP contribution in [0.25, 0.3) is 0 Å². The number of benzene rings is 2. The standard InChI is InChI=1S/C15H15NO2/c1-16(13-6-8-15(18-2)9-7-13)14-5-3-4-12(10-14)11-17/h3-11H,1-2H3. The Kier molecular flexibility index (Phi) is 3.63. The molecule has 0 aliphatic heterocycles. The average Bonchev–Trinajstić information content (AvgIpc) is 2.46. The third-order valence-electron chi connectivity index (χ3n) is 2.85. The van der Waals surface area contributed by atoms with Gasteiger partial charge in [-0.25, -0.2) is 0 Å². The molecule has 0 unspecified atom stereocenters. The molecule has 0 amide bonds. The number of methoxy groups -OCH3 is 1. The van der Waals surface area contributed by atoms with Crippen LogP contribution in [0, 0.1) is 0 Å². The first kappa shape index (κ1) is 12.2. The van der Waals surface area contributed by atoms with Crippen molar-refractivity contribution in [2.45, 2.75) is 0 Å². The van der Waals surface area contributed by atoms with Gasteiger partial charge in [0.05, 0.1) is 7.11 Å². The topological polar surface area (TPSA) is 29.5 Å². The van der Waals surface area contributed by atoms with Crippen LogP contribution in [0.2, 0.25) is 0 Å². The second kappa shape index (κ2) is 5.36. The number of carbonyl (C=O) groups excluding carboxylic acids is 1. The summed E-state index contributed by atoms with van der Waals surface area (Å²) in [5.74, 6) is 0.828. The molecule has 0 N–H and O–H groups in total. The molecule has 92 valence electrons. The van der Waals surface area contributed by atoms with Crippen LogP contribution in [0.1, 0.15) is 10.4 Å². The summed E-state index contributed by atoms with van der Waals surface area (Å²) in [6, 6.07) is 15.3. The Morgan fingerprint density at radius 2 is 1.78 bits per heavy atom. The van der Waals surface area contributed by atoms with Crippen molar-refractivity contribution < 1.29 is 9.53 Å². The number of carbonyl (C=O) groups is 1. The summed E-state index contributed by atoms with van der Waals surface area (Å²) in [7, 11) is 3.61. The number of rotatable bonds is 4. The molecule has 18 heavy (non-hydrogen) atoms. The molecule has 2 aromatic rings. The van der Waals surface area contributed by atoms with Gasteiger partial charge >= 0.3 is 0 Å². The summed E-state index contributed by atoms with van der Waals surface area (Å²) in [5.41, 5.74) is 2.69. The highest BCUT2D eigenvalue weighted by Crippen LogP contribution is 2.25. The quantitative estimate of drug-likeness (QED) is 0.769. The van der Waals surface area contributed by atoms with Crippen LogP contribution in [-0.2, 0) is 0 Å². The highest BCUT2D eigenvalue weighted by molar-refractivity contribution is 5.78. The monoisotopic (exact) mass is 241 g/mol. The predicted octanol–water partition coefficient (Wildman–Crippen LogP) is 3.28. The van der Waals surface area contributed by atoms with E-state index >= 15 is 0 Å². The lowest BCUT2D eigenvalue weighted by atomic mass is 10.2. The van der Waals surface area contributed by atoms with Gasteiger partial charge in [-0.1, -0.05) is 12.1 Å². The lowest BCUT2D eigenvalue weighted by Gasteiger charge is -2.20. The molecule has 0 aromatic heterocycles. The zero-order valence-electron chi connectivity index (χ0n) is 10.5. The minimum absolute atomic E-state index is 0.674. The molecule has 3 nitrogen and oxygen atoms in total. The van der Waals surface area contributed by atoms with E-state index < -0.39 is 0 Å². The van der Waals surface area contributed by atoms with Crippen molar-refractivity contribution >= 4 is 17.7 Å². The van der Waals surface area contributed by atoms with E-state index in [1.165, 1.54) is 0 Å². The van der Waals surface area contributed by atoms with Crippen LogP contribution in [0.4, 0.5) is 11.4 Å². The van der Waals surface area contributed by atoms with Gasteiger partial charge in [0.1, 0.15) is 12.0 Å². The maximum atomic E-state index is 10.8. The fourth-order valence-electron chi connectivity index (χ4n) is 1.76. The summed E-state index contributed by atoms with van der Waals surface area (Å²) in [4.78, 5) is 12.8. The van der Waals surface area contributed by atoms with Crippen LogP contribution in [0.15, 0.2) is 48.5 Å². The fraction of sp³-hybridized carbons (Fsp3) is 0.133. The van der Waals surface area contributed by atoms with Gasteiger partial charge in [-0.2, -0.15) is 0 Å². The number of hydrogen-bond acceptors (Lipinski definition) is 3. The van der Waals surface area contributed by atoms with Crippen LogP contribution in [-0.4, -0.2) is 20.4 Å². The van der Waals surface area contributed by atoms with Crippen molar-refractivity contribution in [3.8, 4) is 5.75 Å².